The molecule has 6 rings (SSSR count). The van der Waals surface area contributed by atoms with Crippen LogP contribution in [0.1, 0.15) is 93.5 Å². The van der Waals surface area contributed by atoms with E-state index in [1.807, 2.05) is 6.07 Å². The van der Waals surface area contributed by atoms with E-state index in [-0.39, 0.29) is 12.2 Å². The second-order valence-electron chi connectivity index (χ2n) is 7.70. The summed E-state index contributed by atoms with van der Waals surface area (Å²) in [5, 5.41) is 9.27. The smallest absolute Gasteiger partial charge is 0.335 e. The topological polar surface area (TPSA) is 46.5 Å². The van der Waals surface area contributed by atoms with Crippen LogP contribution < -0.4 is 0 Å². The van der Waals surface area contributed by atoms with E-state index in [9.17, 15) is 9.90 Å². The first-order valence-electron chi connectivity index (χ1n) is 8.91. The van der Waals surface area contributed by atoms with Crippen LogP contribution in [0.15, 0.2) is 30.3 Å². The van der Waals surface area contributed by atoms with Crippen LogP contribution >= 0.6 is 0 Å². The largest absolute Gasteiger partial charge is 0.478 e. The molecule has 2 saturated carbocycles. The van der Waals surface area contributed by atoms with Crippen LogP contribution in [-0.2, 0) is 4.74 Å². The maximum Gasteiger partial charge on any atom is 0.335 e. The van der Waals surface area contributed by atoms with Crippen LogP contribution in [-0.4, -0.2) is 11.1 Å². The molecule has 120 valence electrons. The van der Waals surface area contributed by atoms with Crippen molar-refractivity contribution in [3.63, 3.8) is 0 Å². The minimum Gasteiger partial charge on any atom is -0.478 e. The molecule has 0 amide bonds. The molecule has 2 aromatic rings. The predicted molar refractivity (Wildman–Crippen MR) is 88.6 cm³/mol. The third-order valence-corrected chi connectivity index (χ3v) is 6.06. The van der Waals surface area contributed by atoms with E-state index in [4.69, 9.17) is 4.74 Å². The van der Waals surface area contributed by atoms with Crippen molar-refractivity contribution < 1.29 is 14.6 Å². The van der Waals surface area contributed by atoms with Crippen molar-refractivity contribution in [3.8, 4) is 0 Å². The van der Waals surface area contributed by atoms with Gasteiger partial charge in [0.25, 0.3) is 0 Å². The van der Waals surface area contributed by atoms with Crippen molar-refractivity contribution in [1.29, 1.82) is 0 Å². The van der Waals surface area contributed by atoms with Crippen LogP contribution in [0.3, 0.4) is 0 Å². The molecule has 2 fully saturated rings. The van der Waals surface area contributed by atoms with E-state index >= 15 is 0 Å². The molecule has 2 bridgehead atoms. The first-order chi connectivity index (χ1) is 11.7. The van der Waals surface area contributed by atoms with E-state index in [1.54, 1.807) is 23.3 Å². The van der Waals surface area contributed by atoms with Crippen LogP contribution in [0.5, 0.6) is 0 Å². The van der Waals surface area contributed by atoms with Crippen LogP contribution in [0.2, 0.25) is 0 Å². The van der Waals surface area contributed by atoms with E-state index in [1.165, 1.54) is 36.8 Å². The zero-order valence-electron chi connectivity index (χ0n) is 13.3. The number of fused-ring (bicyclic) bond motifs is 8. The highest BCUT2D eigenvalue weighted by molar-refractivity contribution is 5.88. The minimum absolute atomic E-state index is 0.00593. The third-order valence-electron chi connectivity index (χ3n) is 6.06. The lowest BCUT2D eigenvalue weighted by molar-refractivity contribution is 0.0696. The lowest BCUT2D eigenvalue weighted by Gasteiger charge is -2.20. The highest BCUT2D eigenvalue weighted by Gasteiger charge is 2.45. The summed E-state index contributed by atoms with van der Waals surface area (Å²) >= 11 is 0. The maximum absolute atomic E-state index is 11.3. The Kier molecular flexibility index (Phi) is 2.35. The van der Waals surface area contributed by atoms with Gasteiger partial charge in [0.05, 0.1) is 5.56 Å². The van der Waals surface area contributed by atoms with Gasteiger partial charge in [-0.3, -0.25) is 0 Å². The highest BCUT2D eigenvalue weighted by Crippen LogP contribution is 2.58. The zero-order chi connectivity index (χ0) is 16.0. The van der Waals surface area contributed by atoms with Gasteiger partial charge in [-0.2, -0.15) is 0 Å². The Morgan fingerprint density at radius 3 is 1.88 bits per heavy atom. The van der Waals surface area contributed by atoms with Gasteiger partial charge in [-0.1, -0.05) is 18.2 Å². The molecule has 3 heteroatoms. The standard InChI is InChI=1S/C21H18O3/c22-21(23)12-5-6-13-16(7-12)20-18-9-15(11-3-4-11)14(10-1-2-10)8-17(18)19(13)24-20/h5-11,19-20H,1-4H2,(H,22,23). The number of carboxylic acids is 1. The second kappa shape index (κ2) is 4.28. The number of rotatable bonds is 3. The van der Waals surface area contributed by atoms with Crippen molar-refractivity contribution in [2.75, 3.05) is 0 Å². The SMILES string of the molecule is O=C(O)c1ccc2c(c1)C1OC2c2cc(C3CC3)c(C3CC3)cc21. The van der Waals surface area contributed by atoms with Gasteiger partial charge < -0.3 is 9.84 Å². The summed E-state index contributed by atoms with van der Waals surface area (Å²) < 4.78 is 6.27. The monoisotopic (exact) mass is 318 g/mol. The minimum atomic E-state index is -0.872. The van der Waals surface area contributed by atoms with E-state index in [0.717, 1.165) is 23.0 Å². The van der Waals surface area contributed by atoms with E-state index in [2.05, 4.69) is 12.1 Å². The summed E-state index contributed by atoms with van der Waals surface area (Å²) in [6, 6.07) is 10.3. The summed E-state index contributed by atoms with van der Waals surface area (Å²) in [5.74, 6) is 0.636. The Labute approximate surface area is 140 Å². The Morgan fingerprint density at radius 2 is 1.33 bits per heavy atom. The third kappa shape index (κ3) is 1.68. The maximum atomic E-state index is 11.3. The lowest BCUT2D eigenvalue weighted by atomic mass is 9.82. The first kappa shape index (κ1) is 13.2. The van der Waals surface area contributed by atoms with Crippen molar-refractivity contribution in [2.24, 2.45) is 0 Å². The van der Waals surface area contributed by atoms with Gasteiger partial charge in [0, 0.05) is 0 Å². The molecule has 2 aliphatic heterocycles. The molecule has 24 heavy (non-hydrogen) atoms. The van der Waals surface area contributed by atoms with Gasteiger partial charge in [0.15, 0.2) is 0 Å². The average molecular weight is 318 g/mol. The number of ether oxygens (including phenoxy) is 1. The summed E-state index contributed by atoms with van der Waals surface area (Å²) in [6.07, 6.45) is 5.19. The van der Waals surface area contributed by atoms with Gasteiger partial charge in [0.1, 0.15) is 12.2 Å². The van der Waals surface area contributed by atoms with Crippen LogP contribution in [0.25, 0.3) is 0 Å². The Bertz CT molecular complexity index is 906. The van der Waals surface area contributed by atoms with Crippen molar-refractivity contribution in [2.45, 2.75) is 49.7 Å². The van der Waals surface area contributed by atoms with Crippen LogP contribution in [0.4, 0.5) is 0 Å². The molecular weight excluding hydrogens is 300 g/mol. The number of benzene rings is 2. The zero-order valence-corrected chi connectivity index (χ0v) is 13.3. The average Bonchev–Trinajstić information content (AvgIpc) is 3.51. The number of hydrogen-bond donors (Lipinski definition) is 1. The predicted octanol–water partition coefficient (Wildman–Crippen LogP) is 4.66. The summed E-state index contributed by atoms with van der Waals surface area (Å²) in [5.41, 5.74) is 8.26. The van der Waals surface area contributed by atoms with Crippen molar-refractivity contribution in [3.05, 3.63) is 69.3 Å². The summed E-state index contributed by atoms with van der Waals surface area (Å²) in [7, 11) is 0. The van der Waals surface area contributed by atoms with Gasteiger partial charge in [-0.25, -0.2) is 4.79 Å². The Hall–Kier alpha value is -2.13. The van der Waals surface area contributed by atoms with Gasteiger partial charge in [0.2, 0.25) is 0 Å². The molecular formula is C21H18O3. The number of carboxylic acid groups (broad SMARTS) is 1. The fraction of sp³-hybridized carbons (Fsp3) is 0.381. The molecule has 3 nitrogen and oxygen atoms in total. The van der Waals surface area contributed by atoms with Crippen molar-refractivity contribution >= 4 is 5.97 Å². The molecule has 0 aromatic heterocycles. The molecule has 0 radical (unpaired) electrons. The second-order valence-corrected chi connectivity index (χ2v) is 7.70. The molecule has 2 unspecified atom stereocenters. The van der Waals surface area contributed by atoms with Gasteiger partial charge in [-0.15, -0.1) is 0 Å². The van der Waals surface area contributed by atoms with E-state index < -0.39 is 5.97 Å². The fourth-order valence-electron chi connectivity index (χ4n) is 4.56. The molecule has 2 aromatic carbocycles. The Balaban J connectivity index is 1.51. The molecule has 2 heterocycles. The van der Waals surface area contributed by atoms with Crippen LogP contribution in [0, 0.1) is 0 Å². The quantitative estimate of drug-likeness (QED) is 0.895. The normalized spacial score (nSPS) is 26.3. The summed E-state index contributed by atoms with van der Waals surface area (Å²) in [6.45, 7) is 0. The number of aromatic carboxylic acids is 1. The number of carbonyl (C=O) groups is 1. The van der Waals surface area contributed by atoms with Crippen molar-refractivity contribution in [1.82, 2.24) is 0 Å². The molecule has 0 saturated heterocycles. The Morgan fingerprint density at radius 1 is 0.792 bits per heavy atom. The molecule has 0 spiro atoms. The lowest BCUT2D eigenvalue weighted by Crippen LogP contribution is -2.07. The molecule has 2 aliphatic carbocycles. The van der Waals surface area contributed by atoms with Gasteiger partial charge >= 0.3 is 5.97 Å². The highest BCUT2D eigenvalue weighted by atomic mass is 16.5. The van der Waals surface area contributed by atoms with E-state index in [0.29, 0.717) is 5.56 Å². The van der Waals surface area contributed by atoms with Gasteiger partial charge in [-0.05, 0) is 83.0 Å². The molecule has 1 N–H and O–H groups in total. The fourth-order valence-corrected chi connectivity index (χ4v) is 4.56. The molecule has 2 atom stereocenters. The first-order valence-corrected chi connectivity index (χ1v) is 8.91. The summed E-state index contributed by atoms with van der Waals surface area (Å²) in [4.78, 5) is 11.3. The number of hydrogen-bond acceptors (Lipinski definition) is 2. The molecule has 4 aliphatic rings.